The zero-order valence-electron chi connectivity index (χ0n) is 10.1. The number of thiophene rings is 1. The van der Waals surface area contributed by atoms with Gasteiger partial charge in [0.15, 0.2) is 0 Å². The van der Waals surface area contributed by atoms with Crippen molar-refractivity contribution >= 4 is 16.3 Å². The van der Waals surface area contributed by atoms with Crippen LogP contribution in [0, 0.1) is 21.4 Å². The minimum atomic E-state index is -0.410. The van der Waals surface area contributed by atoms with Crippen LogP contribution in [0.5, 0.6) is 0 Å². The smallest absolute Gasteiger partial charge is 0.304 e. The molecule has 0 aromatic carbocycles. The summed E-state index contributed by atoms with van der Waals surface area (Å²) in [5.74, 6) is 0. The highest BCUT2D eigenvalue weighted by Gasteiger charge is 2.26. The van der Waals surface area contributed by atoms with Crippen LogP contribution >= 0.6 is 11.3 Å². The zero-order valence-corrected chi connectivity index (χ0v) is 10.9. The van der Waals surface area contributed by atoms with Gasteiger partial charge >= 0.3 is 5.00 Å². The molecule has 18 heavy (non-hydrogen) atoms. The third-order valence-electron chi connectivity index (χ3n) is 3.09. The van der Waals surface area contributed by atoms with E-state index in [0.29, 0.717) is 0 Å². The molecule has 1 aromatic rings. The molecule has 0 radical (unpaired) electrons. The number of rotatable bonds is 3. The van der Waals surface area contributed by atoms with Crippen LogP contribution in [0.4, 0.5) is 5.00 Å². The standard InChI is InChI=1S/C11H14N4O2S/c1-13-4-6-14(7-5-13)9(8-12)10-2-3-11(18-10)15(16)17/h2-3,9H,4-7H2,1H3. The van der Waals surface area contributed by atoms with Crippen molar-refractivity contribution in [3.05, 3.63) is 27.1 Å². The number of hydrogen-bond acceptors (Lipinski definition) is 6. The number of hydrogen-bond donors (Lipinski definition) is 0. The van der Waals surface area contributed by atoms with E-state index in [4.69, 9.17) is 0 Å². The third-order valence-corrected chi connectivity index (χ3v) is 4.18. The van der Waals surface area contributed by atoms with Gasteiger partial charge in [-0.15, -0.1) is 0 Å². The fraction of sp³-hybridized carbons (Fsp3) is 0.545. The molecule has 1 aliphatic rings. The Balaban J connectivity index is 2.13. The van der Waals surface area contributed by atoms with Gasteiger partial charge in [-0.3, -0.25) is 15.0 Å². The van der Waals surface area contributed by atoms with Gasteiger partial charge in [-0.1, -0.05) is 11.3 Å². The van der Waals surface area contributed by atoms with Gasteiger partial charge < -0.3 is 4.90 Å². The Morgan fingerprint density at radius 2 is 2.11 bits per heavy atom. The molecule has 0 aliphatic carbocycles. The summed E-state index contributed by atoms with van der Waals surface area (Å²) in [4.78, 5) is 15.3. The highest BCUT2D eigenvalue weighted by Crippen LogP contribution is 2.32. The summed E-state index contributed by atoms with van der Waals surface area (Å²) < 4.78 is 0. The molecule has 0 bridgehead atoms. The molecule has 7 heteroatoms. The predicted octanol–water partition coefficient (Wildman–Crippen LogP) is 1.47. The molecule has 1 aromatic heterocycles. The molecule has 0 N–H and O–H groups in total. The summed E-state index contributed by atoms with van der Waals surface area (Å²) in [7, 11) is 2.05. The number of piperazine rings is 1. The minimum Gasteiger partial charge on any atom is -0.304 e. The second kappa shape index (κ2) is 5.44. The van der Waals surface area contributed by atoms with Crippen LogP contribution in [0.15, 0.2) is 12.1 Å². The summed E-state index contributed by atoms with van der Waals surface area (Å²) in [6.07, 6.45) is 0. The summed E-state index contributed by atoms with van der Waals surface area (Å²) in [6, 6.07) is 5.05. The Morgan fingerprint density at radius 3 is 2.61 bits per heavy atom. The zero-order chi connectivity index (χ0) is 13.1. The maximum absolute atomic E-state index is 10.7. The first kappa shape index (κ1) is 13.0. The molecule has 0 spiro atoms. The number of nitro groups is 1. The highest BCUT2D eigenvalue weighted by molar-refractivity contribution is 7.15. The van der Waals surface area contributed by atoms with E-state index < -0.39 is 4.92 Å². The van der Waals surface area contributed by atoms with Crippen LogP contribution < -0.4 is 0 Å². The molecule has 2 rings (SSSR count). The Hall–Kier alpha value is -1.49. The number of nitriles is 1. The summed E-state index contributed by atoms with van der Waals surface area (Å²) >= 11 is 1.09. The van der Waals surface area contributed by atoms with E-state index in [2.05, 4.69) is 22.9 Å². The van der Waals surface area contributed by atoms with Gasteiger partial charge in [0, 0.05) is 37.1 Å². The Morgan fingerprint density at radius 1 is 1.44 bits per heavy atom. The third kappa shape index (κ3) is 2.67. The van der Waals surface area contributed by atoms with Crippen molar-refractivity contribution in [1.29, 1.82) is 5.26 Å². The molecule has 1 aliphatic heterocycles. The lowest BCUT2D eigenvalue weighted by Gasteiger charge is -2.34. The average molecular weight is 266 g/mol. The second-order valence-electron chi connectivity index (χ2n) is 4.30. The molecule has 1 fully saturated rings. The van der Waals surface area contributed by atoms with Gasteiger partial charge in [0.2, 0.25) is 0 Å². The summed E-state index contributed by atoms with van der Waals surface area (Å²) in [5.41, 5.74) is 0. The van der Waals surface area contributed by atoms with E-state index in [0.717, 1.165) is 42.4 Å². The van der Waals surface area contributed by atoms with Crippen molar-refractivity contribution in [2.45, 2.75) is 6.04 Å². The maximum Gasteiger partial charge on any atom is 0.324 e. The molecule has 1 atom stereocenters. The average Bonchev–Trinajstić information content (AvgIpc) is 2.82. The molecule has 2 heterocycles. The fourth-order valence-electron chi connectivity index (χ4n) is 1.99. The van der Waals surface area contributed by atoms with Crippen molar-refractivity contribution in [3.63, 3.8) is 0 Å². The monoisotopic (exact) mass is 266 g/mol. The van der Waals surface area contributed by atoms with Gasteiger partial charge in [0.25, 0.3) is 0 Å². The maximum atomic E-state index is 10.7. The highest BCUT2D eigenvalue weighted by atomic mass is 32.1. The van der Waals surface area contributed by atoms with E-state index in [1.165, 1.54) is 6.07 Å². The lowest BCUT2D eigenvalue weighted by molar-refractivity contribution is -0.380. The fourth-order valence-corrected chi connectivity index (χ4v) is 2.89. The van der Waals surface area contributed by atoms with Crippen molar-refractivity contribution in [3.8, 4) is 6.07 Å². The van der Waals surface area contributed by atoms with Crippen molar-refractivity contribution < 1.29 is 4.92 Å². The largest absolute Gasteiger partial charge is 0.324 e. The molecule has 1 saturated heterocycles. The summed E-state index contributed by atoms with van der Waals surface area (Å²) in [6.45, 7) is 3.48. The molecular weight excluding hydrogens is 252 g/mol. The van der Waals surface area contributed by atoms with Crippen molar-refractivity contribution in [2.75, 3.05) is 33.2 Å². The van der Waals surface area contributed by atoms with E-state index in [1.54, 1.807) is 6.07 Å². The van der Waals surface area contributed by atoms with E-state index in [9.17, 15) is 15.4 Å². The topological polar surface area (TPSA) is 73.4 Å². The van der Waals surface area contributed by atoms with Crippen LogP contribution in [-0.2, 0) is 0 Å². The van der Waals surface area contributed by atoms with Crippen LogP contribution in [-0.4, -0.2) is 47.9 Å². The Bertz CT molecular complexity index is 474. The van der Waals surface area contributed by atoms with E-state index in [-0.39, 0.29) is 11.0 Å². The van der Waals surface area contributed by atoms with Crippen LogP contribution in [0.3, 0.4) is 0 Å². The van der Waals surface area contributed by atoms with Gasteiger partial charge in [-0.2, -0.15) is 5.26 Å². The van der Waals surface area contributed by atoms with Crippen molar-refractivity contribution in [1.82, 2.24) is 9.80 Å². The van der Waals surface area contributed by atoms with Gasteiger partial charge in [0.1, 0.15) is 6.04 Å². The van der Waals surface area contributed by atoms with Crippen LogP contribution in [0.1, 0.15) is 10.9 Å². The van der Waals surface area contributed by atoms with E-state index in [1.807, 2.05) is 0 Å². The quantitative estimate of drug-likeness (QED) is 0.612. The normalized spacial score (nSPS) is 19.3. The first-order valence-corrected chi connectivity index (χ1v) is 6.50. The Kier molecular flexibility index (Phi) is 3.91. The molecule has 6 nitrogen and oxygen atoms in total. The van der Waals surface area contributed by atoms with E-state index >= 15 is 0 Å². The lowest BCUT2D eigenvalue weighted by atomic mass is 10.2. The van der Waals surface area contributed by atoms with Gasteiger partial charge in [-0.05, 0) is 13.1 Å². The van der Waals surface area contributed by atoms with Gasteiger partial charge in [0.05, 0.1) is 11.0 Å². The van der Waals surface area contributed by atoms with Crippen LogP contribution in [0.2, 0.25) is 0 Å². The van der Waals surface area contributed by atoms with Crippen molar-refractivity contribution in [2.24, 2.45) is 0 Å². The summed E-state index contributed by atoms with van der Waals surface area (Å²) in [5, 5.41) is 20.0. The first-order chi connectivity index (χ1) is 8.61. The number of likely N-dealkylation sites (N-methyl/N-ethyl adjacent to an activating group) is 1. The Labute approximate surface area is 109 Å². The molecule has 0 amide bonds. The molecule has 0 saturated carbocycles. The second-order valence-corrected chi connectivity index (χ2v) is 5.40. The molecule has 1 unspecified atom stereocenters. The number of nitrogens with zero attached hydrogens (tertiary/aromatic N) is 4. The molecule has 96 valence electrons. The minimum absolute atomic E-state index is 0.0966. The van der Waals surface area contributed by atoms with Crippen LogP contribution in [0.25, 0.3) is 0 Å². The molecular formula is C11H14N4O2S. The SMILES string of the molecule is CN1CCN(C(C#N)c2ccc([N+](=O)[O-])s2)CC1. The lowest BCUT2D eigenvalue weighted by Crippen LogP contribution is -2.45. The predicted molar refractivity (Wildman–Crippen MR) is 68.4 cm³/mol. The first-order valence-electron chi connectivity index (χ1n) is 5.68. The van der Waals surface area contributed by atoms with Gasteiger partial charge in [-0.25, -0.2) is 0 Å².